The van der Waals surface area contributed by atoms with Gasteiger partial charge in [0.2, 0.25) is 0 Å². The molecule has 0 heterocycles. The monoisotopic (exact) mass is 278 g/mol. The fraction of sp³-hybridized carbons (Fsp3) is 0.500. The van der Waals surface area contributed by atoms with Crippen molar-refractivity contribution in [3.05, 3.63) is 33.9 Å². The Morgan fingerprint density at radius 3 is 2.60 bits per heavy atom. The highest BCUT2D eigenvalue weighted by molar-refractivity contribution is 5.75. The number of aliphatic carboxylic acids is 1. The SMILES string of the molecule is Cc1cc([N+](=O)[O-])ccc1N(CC(=O)O)C1CCCC1. The molecule has 108 valence electrons. The molecular formula is C14H18N2O4. The zero-order valence-corrected chi connectivity index (χ0v) is 11.4. The first-order valence-corrected chi connectivity index (χ1v) is 6.72. The van der Waals surface area contributed by atoms with Crippen LogP contribution in [0.25, 0.3) is 0 Å². The molecule has 0 radical (unpaired) electrons. The molecule has 1 aromatic carbocycles. The summed E-state index contributed by atoms with van der Waals surface area (Å²) in [7, 11) is 0. The maximum absolute atomic E-state index is 11.1. The molecule has 2 rings (SSSR count). The molecule has 0 aliphatic heterocycles. The summed E-state index contributed by atoms with van der Waals surface area (Å²) in [4.78, 5) is 23.3. The second-order valence-electron chi connectivity index (χ2n) is 5.19. The van der Waals surface area contributed by atoms with Crippen LogP contribution in [0.3, 0.4) is 0 Å². The van der Waals surface area contributed by atoms with Gasteiger partial charge >= 0.3 is 5.97 Å². The number of carboxylic acid groups (broad SMARTS) is 1. The fourth-order valence-corrected chi connectivity index (χ4v) is 2.85. The molecule has 1 saturated carbocycles. The van der Waals surface area contributed by atoms with Crippen molar-refractivity contribution in [2.75, 3.05) is 11.4 Å². The van der Waals surface area contributed by atoms with Gasteiger partial charge in [0.15, 0.2) is 0 Å². The summed E-state index contributed by atoms with van der Waals surface area (Å²) in [6.45, 7) is 1.72. The van der Waals surface area contributed by atoms with E-state index < -0.39 is 10.9 Å². The molecule has 6 nitrogen and oxygen atoms in total. The van der Waals surface area contributed by atoms with Gasteiger partial charge in [-0.3, -0.25) is 14.9 Å². The number of carbonyl (C=O) groups is 1. The summed E-state index contributed by atoms with van der Waals surface area (Å²) >= 11 is 0. The zero-order valence-electron chi connectivity index (χ0n) is 11.4. The van der Waals surface area contributed by atoms with E-state index in [-0.39, 0.29) is 18.3 Å². The number of nitrogens with zero attached hydrogens (tertiary/aromatic N) is 2. The molecule has 20 heavy (non-hydrogen) atoms. The lowest BCUT2D eigenvalue weighted by atomic mass is 10.1. The molecule has 0 amide bonds. The molecule has 1 aromatic rings. The summed E-state index contributed by atoms with van der Waals surface area (Å²) in [6.07, 6.45) is 4.16. The first-order valence-electron chi connectivity index (χ1n) is 6.72. The van der Waals surface area contributed by atoms with E-state index in [0.717, 1.165) is 36.9 Å². The lowest BCUT2D eigenvalue weighted by molar-refractivity contribution is -0.384. The molecule has 1 aliphatic rings. The number of aryl methyl sites for hydroxylation is 1. The van der Waals surface area contributed by atoms with Crippen molar-refractivity contribution in [2.45, 2.75) is 38.6 Å². The van der Waals surface area contributed by atoms with Crippen molar-refractivity contribution >= 4 is 17.3 Å². The minimum absolute atomic E-state index is 0.0351. The van der Waals surface area contributed by atoms with E-state index in [4.69, 9.17) is 5.11 Å². The van der Waals surface area contributed by atoms with E-state index >= 15 is 0 Å². The van der Waals surface area contributed by atoms with Gasteiger partial charge < -0.3 is 10.0 Å². The number of non-ortho nitro benzene ring substituents is 1. The Morgan fingerprint density at radius 2 is 2.10 bits per heavy atom. The second-order valence-corrected chi connectivity index (χ2v) is 5.19. The molecule has 0 unspecified atom stereocenters. The van der Waals surface area contributed by atoms with E-state index in [0.29, 0.717) is 0 Å². The van der Waals surface area contributed by atoms with Crippen molar-refractivity contribution in [2.24, 2.45) is 0 Å². The molecule has 0 saturated heterocycles. The van der Waals surface area contributed by atoms with Crippen LogP contribution >= 0.6 is 0 Å². The third-order valence-electron chi connectivity index (χ3n) is 3.77. The topological polar surface area (TPSA) is 83.7 Å². The number of nitro benzene ring substituents is 1. The average molecular weight is 278 g/mol. The molecular weight excluding hydrogens is 260 g/mol. The van der Waals surface area contributed by atoms with E-state index in [2.05, 4.69) is 0 Å². The van der Waals surface area contributed by atoms with Crippen LogP contribution in [0.1, 0.15) is 31.2 Å². The molecule has 0 aromatic heterocycles. The van der Waals surface area contributed by atoms with Crippen LogP contribution in [0.15, 0.2) is 18.2 Å². The van der Waals surface area contributed by atoms with Gasteiger partial charge in [0.1, 0.15) is 6.54 Å². The number of hydrogen-bond acceptors (Lipinski definition) is 4. The zero-order chi connectivity index (χ0) is 14.7. The first kappa shape index (κ1) is 14.3. The van der Waals surface area contributed by atoms with Gasteiger partial charge in [0.05, 0.1) is 4.92 Å². The van der Waals surface area contributed by atoms with Crippen molar-refractivity contribution in [3.8, 4) is 0 Å². The Morgan fingerprint density at radius 1 is 1.45 bits per heavy atom. The van der Waals surface area contributed by atoms with Crippen LogP contribution in [-0.2, 0) is 4.79 Å². The predicted octanol–water partition coefficient (Wildman–Crippen LogP) is 2.74. The van der Waals surface area contributed by atoms with Crippen LogP contribution in [0.4, 0.5) is 11.4 Å². The molecule has 0 bridgehead atoms. The lowest BCUT2D eigenvalue weighted by Crippen LogP contribution is -2.38. The Hall–Kier alpha value is -2.11. The first-order chi connectivity index (χ1) is 9.49. The molecule has 0 spiro atoms. The van der Waals surface area contributed by atoms with E-state index in [1.807, 2.05) is 4.90 Å². The number of carboxylic acids is 1. The van der Waals surface area contributed by atoms with Crippen molar-refractivity contribution in [1.82, 2.24) is 0 Å². The summed E-state index contributed by atoms with van der Waals surface area (Å²) in [5, 5.41) is 19.9. The maximum Gasteiger partial charge on any atom is 0.323 e. The highest BCUT2D eigenvalue weighted by Gasteiger charge is 2.26. The van der Waals surface area contributed by atoms with E-state index in [1.54, 1.807) is 13.0 Å². The third kappa shape index (κ3) is 3.07. The standard InChI is InChI=1S/C14H18N2O4/c1-10-8-12(16(19)20)6-7-13(10)15(9-14(17)18)11-4-2-3-5-11/h6-8,11H,2-5,9H2,1H3,(H,17,18). The largest absolute Gasteiger partial charge is 0.480 e. The van der Waals surface area contributed by atoms with Crippen molar-refractivity contribution in [1.29, 1.82) is 0 Å². The summed E-state index contributed by atoms with van der Waals surface area (Å²) in [5.41, 5.74) is 1.56. The van der Waals surface area contributed by atoms with Gasteiger partial charge in [-0.25, -0.2) is 0 Å². The van der Waals surface area contributed by atoms with Crippen LogP contribution in [0.5, 0.6) is 0 Å². The summed E-state index contributed by atoms with van der Waals surface area (Å²) in [6, 6.07) is 4.81. The summed E-state index contributed by atoms with van der Waals surface area (Å²) in [5.74, 6) is -0.880. The quantitative estimate of drug-likeness (QED) is 0.661. The van der Waals surface area contributed by atoms with Crippen molar-refractivity contribution < 1.29 is 14.8 Å². The third-order valence-corrected chi connectivity index (χ3v) is 3.77. The minimum atomic E-state index is -0.880. The van der Waals surface area contributed by atoms with E-state index in [1.165, 1.54) is 12.1 Å². The maximum atomic E-state index is 11.1. The molecule has 1 aliphatic carbocycles. The van der Waals surface area contributed by atoms with Crippen LogP contribution in [0, 0.1) is 17.0 Å². The summed E-state index contributed by atoms with van der Waals surface area (Å²) < 4.78 is 0. The molecule has 6 heteroatoms. The van der Waals surface area contributed by atoms with Gasteiger partial charge in [0.25, 0.3) is 5.69 Å². The Kier molecular flexibility index (Phi) is 4.22. The number of anilines is 1. The molecule has 1 N–H and O–H groups in total. The van der Waals surface area contributed by atoms with Crippen LogP contribution in [-0.4, -0.2) is 28.6 Å². The van der Waals surface area contributed by atoms with Crippen molar-refractivity contribution in [3.63, 3.8) is 0 Å². The van der Waals surface area contributed by atoms with Gasteiger partial charge in [-0.05, 0) is 31.4 Å². The Bertz CT molecular complexity index is 524. The van der Waals surface area contributed by atoms with Gasteiger partial charge in [0, 0.05) is 23.9 Å². The minimum Gasteiger partial charge on any atom is -0.480 e. The van der Waals surface area contributed by atoms with Gasteiger partial charge in [-0.15, -0.1) is 0 Å². The smallest absolute Gasteiger partial charge is 0.323 e. The number of benzene rings is 1. The molecule has 1 fully saturated rings. The Balaban J connectivity index is 2.32. The predicted molar refractivity (Wildman–Crippen MR) is 75.1 cm³/mol. The normalized spacial score (nSPS) is 15.2. The van der Waals surface area contributed by atoms with Crippen LogP contribution in [0.2, 0.25) is 0 Å². The number of rotatable bonds is 5. The molecule has 0 atom stereocenters. The Labute approximate surface area is 117 Å². The highest BCUT2D eigenvalue weighted by Crippen LogP contribution is 2.31. The van der Waals surface area contributed by atoms with E-state index in [9.17, 15) is 14.9 Å². The van der Waals surface area contributed by atoms with Crippen LogP contribution < -0.4 is 4.90 Å². The average Bonchev–Trinajstić information content (AvgIpc) is 2.89. The number of hydrogen-bond donors (Lipinski definition) is 1. The van der Waals surface area contributed by atoms with Gasteiger partial charge in [-0.1, -0.05) is 12.8 Å². The highest BCUT2D eigenvalue weighted by atomic mass is 16.6. The number of nitro groups is 1. The second kappa shape index (κ2) is 5.90. The van der Waals surface area contributed by atoms with Gasteiger partial charge in [-0.2, -0.15) is 0 Å². The lowest BCUT2D eigenvalue weighted by Gasteiger charge is -2.30. The fourth-order valence-electron chi connectivity index (χ4n) is 2.85.